The molecule has 3 N–H and O–H groups in total. The minimum absolute atomic E-state index is 0.217. The number of carbonyl (C=O) groups is 2. The van der Waals surface area contributed by atoms with Crippen LogP contribution in [0.2, 0.25) is 5.02 Å². The maximum Gasteiger partial charge on any atom is 0.254 e. The van der Waals surface area contributed by atoms with Gasteiger partial charge in [0.05, 0.1) is 16.7 Å². The average molecular weight is 451 g/mol. The molecule has 1 fully saturated rings. The summed E-state index contributed by atoms with van der Waals surface area (Å²) >= 11 is 6.36. The van der Waals surface area contributed by atoms with Gasteiger partial charge in [-0.3, -0.25) is 9.59 Å². The standard InChI is InChI=1S/C24H23ClN4O3/c25-18-13-16-7-8-21(18)32-12-4-3-11-27-19-6-2-1-5-17(19)22(30)28-20(14-16)23(31)29-24(15-26)9-10-24/h1-8,13,20,27H,9-12,14H2,(H,28,30)(H,29,31)/b4-3-/t20-/m0/s1. The Bertz CT molecular complexity index is 1100. The Kier molecular flexibility index (Phi) is 6.33. The second-order valence-corrected chi connectivity index (χ2v) is 8.29. The van der Waals surface area contributed by atoms with Crippen LogP contribution in [-0.4, -0.2) is 36.5 Å². The summed E-state index contributed by atoms with van der Waals surface area (Å²) in [4.78, 5) is 26.2. The lowest BCUT2D eigenvalue weighted by atomic mass is 10.0. The number of carbonyl (C=O) groups excluding carboxylic acids is 2. The number of anilines is 1. The molecule has 1 atom stereocenters. The number of rotatable bonds is 2. The van der Waals surface area contributed by atoms with Gasteiger partial charge in [0, 0.05) is 18.7 Å². The number of halogens is 1. The summed E-state index contributed by atoms with van der Waals surface area (Å²) in [5, 5.41) is 18.6. The smallest absolute Gasteiger partial charge is 0.254 e. The summed E-state index contributed by atoms with van der Waals surface area (Å²) in [5.74, 6) is -0.238. The van der Waals surface area contributed by atoms with Crippen molar-refractivity contribution in [2.45, 2.75) is 30.8 Å². The van der Waals surface area contributed by atoms with Crippen LogP contribution < -0.4 is 20.7 Å². The molecule has 164 valence electrons. The molecule has 2 aromatic rings. The molecule has 8 heteroatoms. The summed E-state index contributed by atoms with van der Waals surface area (Å²) in [6.45, 7) is 0.846. The van der Waals surface area contributed by atoms with E-state index in [-0.39, 0.29) is 12.3 Å². The van der Waals surface area contributed by atoms with Gasteiger partial charge in [0.15, 0.2) is 0 Å². The molecule has 1 aliphatic carbocycles. The summed E-state index contributed by atoms with van der Waals surface area (Å²) in [6.07, 6.45) is 5.20. The molecule has 2 aromatic carbocycles. The minimum Gasteiger partial charge on any atom is -0.488 e. The van der Waals surface area contributed by atoms with Crippen molar-refractivity contribution in [1.29, 1.82) is 5.26 Å². The first-order chi connectivity index (χ1) is 15.5. The van der Waals surface area contributed by atoms with Crippen LogP contribution >= 0.6 is 11.6 Å². The van der Waals surface area contributed by atoms with E-state index in [2.05, 4.69) is 22.0 Å². The molecule has 5 rings (SSSR count). The maximum atomic E-state index is 13.1. The first-order valence-corrected chi connectivity index (χ1v) is 10.8. The Hall–Kier alpha value is -3.50. The third-order valence-corrected chi connectivity index (χ3v) is 5.76. The van der Waals surface area contributed by atoms with E-state index < -0.39 is 17.5 Å². The SMILES string of the molecule is N#CC1(NC(=O)[C@@H]2Cc3ccc(c(Cl)c3)OC/C=C\CNc3ccccc3C(=O)N2)CC1. The van der Waals surface area contributed by atoms with Gasteiger partial charge in [-0.1, -0.05) is 35.9 Å². The Morgan fingerprint density at radius 3 is 2.78 bits per heavy atom. The fourth-order valence-corrected chi connectivity index (χ4v) is 3.73. The van der Waals surface area contributed by atoms with E-state index in [9.17, 15) is 14.9 Å². The quantitative estimate of drug-likeness (QED) is 0.609. The number of hydrogen-bond donors (Lipinski definition) is 3. The van der Waals surface area contributed by atoms with Crippen LogP contribution in [0, 0.1) is 11.3 Å². The number of nitrogens with one attached hydrogen (secondary N) is 3. The van der Waals surface area contributed by atoms with Crippen molar-refractivity contribution >= 4 is 29.1 Å². The lowest BCUT2D eigenvalue weighted by molar-refractivity contribution is -0.123. The molecule has 0 unspecified atom stereocenters. The van der Waals surface area contributed by atoms with E-state index in [0.29, 0.717) is 48.0 Å². The van der Waals surface area contributed by atoms with Crippen molar-refractivity contribution in [2.75, 3.05) is 18.5 Å². The van der Waals surface area contributed by atoms with Gasteiger partial charge in [-0.2, -0.15) is 5.26 Å². The van der Waals surface area contributed by atoms with Crippen molar-refractivity contribution in [3.63, 3.8) is 0 Å². The summed E-state index contributed by atoms with van der Waals surface area (Å²) in [7, 11) is 0. The third kappa shape index (κ3) is 5.04. The van der Waals surface area contributed by atoms with Gasteiger partial charge in [-0.05, 0) is 48.7 Å². The largest absolute Gasteiger partial charge is 0.488 e. The highest BCUT2D eigenvalue weighted by atomic mass is 35.5. The van der Waals surface area contributed by atoms with Crippen molar-refractivity contribution in [1.82, 2.24) is 10.6 Å². The summed E-state index contributed by atoms with van der Waals surface area (Å²) in [6, 6.07) is 13.7. The predicted molar refractivity (Wildman–Crippen MR) is 122 cm³/mol. The van der Waals surface area contributed by atoms with Crippen LogP contribution in [0.15, 0.2) is 54.6 Å². The topological polar surface area (TPSA) is 103 Å². The van der Waals surface area contributed by atoms with Gasteiger partial charge in [-0.15, -0.1) is 0 Å². The lowest BCUT2D eigenvalue weighted by Crippen LogP contribution is -2.51. The Balaban J connectivity index is 1.65. The van der Waals surface area contributed by atoms with Crippen molar-refractivity contribution in [2.24, 2.45) is 0 Å². The fraction of sp³-hybridized carbons (Fsp3) is 0.292. The molecule has 0 spiro atoms. The second kappa shape index (κ2) is 9.33. The number of ether oxygens (including phenoxy) is 1. The number of fused-ring (bicyclic) bond motifs is 9. The van der Waals surface area contributed by atoms with Crippen LogP contribution in [0.3, 0.4) is 0 Å². The summed E-state index contributed by atoms with van der Waals surface area (Å²) < 4.78 is 5.71. The monoisotopic (exact) mass is 450 g/mol. The number of para-hydroxylation sites is 1. The first kappa shape index (κ1) is 21.7. The normalized spacial score (nSPS) is 20.5. The number of nitriles is 1. The molecule has 0 radical (unpaired) electrons. The van der Waals surface area contributed by atoms with Crippen molar-refractivity contribution in [3.05, 3.63) is 70.8 Å². The molecule has 32 heavy (non-hydrogen) atoms. The lowest BCUT2D eigenvalue weighted by Gasteiger charge is -2.21. The van der Waals surface area contributed by atoms with Gasteiger partial charge >= 0.3 is 0 Å². The van der Waals surface area contributed by atoms with Gasteiger partial charge in [0.2, 0.25) is 5.91 Å². The first-order valence-electron chi connectivity index (χ1n) is 10.4. The van der Waals surface area contributed by atoms with E-state index in [1.807, 2.05) is 30.4 Å². The molecule has 3 aliphatic rings. The molecule has 2 heterocycles. The molecule has 7 nitrogen and oxygen atoms in total. The Labute approximate surface area is 191 Å². The zero-order valence-electron chi connectivity index (χ0n) is 17.4. The Morgan fingerprint density at radius 2 is 2.03 bits per heavy atom. The zero-order chi connectivity index (χ0) is 22.6. The molecule has 0 aromatic heterocycles. The molecular formula is C24H23ClN4O3. The molecule has 1 saturated carbocycles. The maximum absolute atomic E-state index is 13.1. The second-order valence-electron chi connectivity index (χ2n) is 7.89. The van der Waals surface area contributed by atoms with E-state index in [1.165, 1.54) is 0 Å². The van der Waals surface area contributed by atoms with E-state index in [0.717, 1.165) is 5.56 Å². The van der Waals surface area contributed by atoms with E-state index in [4.69, 9.17) is 16.3 Å². The molecule has 0 saturated heterocycles. The van der Waals surface area contributed by atoms with Crippen LogP contribution in [0.1, 0.15) is 28.8 Å². The molecule has 2 amide bonds. The van der Waals surface area contributed by atoms with Crippen molar-refractivity contribution in [3.8, 4) is 11.8 Å². The fourth-order valence-electron chi connectivity index (χ4n) is 3.48. The van der Waals surface area contributed by atoms with Gasteiger partial charge in [0.25, 0.3) is 5.91 Å². The highest BCUT2D eigenvalue weighted by Crippen LogP contribution is 2.34. The number of benzene rings is 2. The van der Waals surface area contributed by atoms with Crippen molar-refractivity contribution < 1.29 is 14.3 Å². The number of amides is 2. The number of nitrogens with zero attached hydrogens (tertiary/aromatic N) is 1. The van der Waals surface area contributed by atoms with Gasteiger partial charge in [0.1, 0.15) is 23.9 Å². The highest BCUT2D eigenvalue weighted by molar-refractivity contribution is 6.32. The number of hydrogen-bond acceptors (Lipinski definition) is 5. The van der Waals surface area contributed by atoms with E-state index >= 15 is 0 Å². The zero-order valence-corrected chi connectivity index (χ0v) is 18.1. The predicted octanol–water partition coefficient (Wildman–Crippen LogP) is 3.21. The third-order valence-electron chi connectivity index (χ3n) is 5.47. The molecule has 2 bridgehead atoms. The van der Waals surface area contributed by atoms with Crippen LogP contribution in [0.25, 0.3) is 0 Å². The highest BCUT2D eigenvalue weighted by Gasteiger charge is 2.45. The average Bonchev–Trinajstić information content (AvgIpc) is 3.56. The van der Waals surface area contributed by atoms with Gasteiger partial charge < -0.3 is 20.7 Å². The molecular weight excluding hydrogens is 428 g/mol. The Morgan fingerprint density at radius 1 is 1.22 bits per heavy atom. The minimum atomic E-state index is -0.878. The molecule has 2 aliphatic heterocycles. The van der Waals surface area contributed by atoms with E-state index in [1.54, 1.807) is 24.3 Å². The van der Waals surface area contributed by atoms with Crippen LogP contribution in [0.4, 0.5) is 5.69 Å². The van der Waals surface area contributed by atoms with Gasteiger partial charge in [-0.25, -0.2) is 0 Å². The van der Waals surface area contributed by atoms with Crippen LogP contribution in [-0.2, 0) is 11.2 Å². The summed E-state index contributed by atoms with van der Waals surface area (Å²) in [5.41, 5.74) is 1.01. The van der Waals surface area contributed by atoms with Crippen LogP contribution in [0.5, 0.6) is 5.75 Å².